The van der Waals surface area contributed by atoms with Crippen LogP contribution in [0.15, 0.2) is 47.1 Å². The van der Waals surface area contributed by atoms with E-state index in [1.54, 1.807) is 18.2 Å². The third kappa shape index (κ3) is 8.04. The molecular formula is C18H15Cl3F3NO3. The Bertz CT molecular complexity index is 795. The molecule has 0 bridgehead atoms. The molecule has 0 aliphatic carbocycles. The summed E-state index contributed by atoms with van der Waals surface area (Å²) in [7, 11) is 0. The van der Waals surface area contributed by atoms with Gasteiger partial charge in [-0.1, -0.05) is 34.8 Å². The van der Waals surface area contributed by atoms with Crippen LogP contribution in [0.3, 0.4) is 0 Å². The average Bonchev–Trinajstić information content (AvgIpc) is 2.60. The lowest BCUT2D eigenvalue weighted by Crippen LogP contribution is -2.08. The van der Waals surface area contributed by atoms with Crippen molar-refractivity contribution in [2.45, 2.75) is 12.6 Å². The third-order valence-corrected chi connectivity index (χ3v) is 3.73. The van der Waals surface area contributed by atoms with Gasteiger partial charge >= 0.3 is 6.18 Å². The first-order chi connectivity index (χ1) is 13.2. The van der Waals surface area contributed by atoms with Crippen LogP contribution in [-0.2, 0) is 6.18 Å². The molecule has 2 rings (SSSR count). The van der Waals surface area contributed by atoms with E-state index in [1.165, 1.54) is 12.1 Å². The van der Waals surface area contributed by atoms with Gasteiger partial charge in [-0.05, 0) is 24.3 Å². The zero-order chi connectivity index (χ0) is 20.6. The largest absolute Gasteiger partial charge is 0.493 e. The maximum absolute atomic E-state index is 12.5. The molecule has 2 aromatic rings. The number of hydrogen-bond donors (Lipinski definition) is 0. The van der Waals surface area contributed by atoms with Gasteiger partial charge in [0.2, 0.25) is 5.88 Å². The smallest absolute Gasteiger partial charge is 0.417 e. The number of alkyl halides is 3. The van der Waals surface area contributed by atoms with Crippen LogP contribution in [0.2, 0.25) is 5.02 Å². The normalized spacial score (nSPS) is 11.1. The van der Waals surface area contributed by atoms with Gasteiger partial charge in [0.15, 0.2) is 0 Å². The summed E-state index contributed by atoms with van der Waals surface area (Å²) >= 11 is 17.0. The highest BCUT2D eigenvalue weighted by molar-refractivity contribution is 6.55. The van der Waals surface area contributed by atoms with Crippen molar-refractivity contribution in [3.05, 3.63) is 57.7 Å². The summed E-state index contributed by atoms with van der Waals surface area (Å²) in [6, 6.07) is 6.98. The molecule has 1 heterocycles. The summed E-state index contributed by atoms with van der Waals surface area (Å²) in [5.41, 5.74) is -0.828. The predicted molar refractivity (Wildman–Crippen MR) is 102 cm³/mol. The highest BCUT2D eigenvalue weighted by Gasteiger charge is 2.30. The van der Waals surface area contributed by atoms with Gasteiger partial charge in [0.25, 0.3) is 0 Å². The fraction of sp³-hybridized carbons (Fsp3) is 0.278. The van der Waals surface area contributed by atoms with E-state index < -0.39 is 11.7 Å². The van der Waals surface area contributed by atoms with Crippen molar-refractivity contribution in [3.8, 4) is 17.4 Å². The molecule has 0 aliphatic rings. The Hall–Kier alpha value is -1.83. The second-order valence-corrected chi connectivity index (χ2v) is 6.81. The van der Waals surface area contributed by atoms with Gasteiger partial charge in [0.05, 0.1) is 18.8 Å². The molecule has 0 radical (unpaired) electrons. The van der Waals surface area contributed by atoms with Crippen molar-refractivity contribution < 1.29 is 27.4 Å². The van der Waals surface area contributed by atoms with Crippen LogP contribution < -0.4 is 14.2 Å². The molecule has 0 spiro atoms. The Kier molecular flexibility index (Phi) is 8.54. The van der Waals surface area contributed by atoms with Crippen molar-refractivity contribution in [2.75, 3.05) is 19.8 Å². The Balaban J connectivity index is 1.76. The SMILES string of the molecule is FC(F)(F)c1ccc(OCCCOc2cc(Cl)cc(OCC=C(Cl)Cl)c2)nc1. The van der Waals surface area contributed by atoms with Gasteiger partial charge in [-0.3, -0.25) is 0 Å². The number of aromatic nitrogens is 1. The van der Waals surface area contributed by atoms with Crippen LogP contribution in [0.4, 0.5) is 13.2 Å². The number of halogens is 6. The van der Waals surface area contributed by atoms with E-state index >= 15 is 0 Å². The molecular weight excluding hydrogens is 442 g/mol. The molecule has 0 saturated carbocycles. The summed E-state index contributed by atoms with van der Waals surface area (Å²) in [4.78, 5) is 3.62. The fourth-order valence-corrected chi connectivity index (χ4v) is 2.30. The molecule has 0 aliphatic heterocycles. The first-order valence-corrected chi connectivity index (χ1v) is 9.11. The van der Waals surface area contributed by atoms with E-state index in [2.05, 4.69) is 4.98 Å². The van der Waals surface area contributed by atoms with Gasteiger partial charge in [-0.15, -0.1) is 0 Å². The van der Waals surface area contributed by atoms with Crippen LogP contribution in [0, 0.1) is 0 Å². The van der Waals surface area contributed by atoms with Crippen molar-refractivity contribution in [1.82, 2.24) is 4.98 Å². The Labute approximate surface area is 174 Å². The topological polar surface area (TPSA) is 40.6 Å². The molecule has 0 atom stereocenters. The molecule has 0 saturated heterocycles. The van der Waals surface area contributed by atoms with Gasteiger partial charge in [-0.2, -0.15) is 13.2 Å². The second kappa shape index (κ2) is 10.6. The van der Waals surface area contributed by atoms with Gasteiger partial charge in [0, 0.05) is 29.8 Å². The van der Waals surface area contributed by atoms with Crippen molar-refractivity contribution >= 4 is 34.8 Å². The maximum atomic E-state index is 12.5. The standard InChI is InChI=1S/C18H15Cl3F3NO3/c19-13-8-14(10-15(9-13)27-7-4-16(20)21)26-5-1-6-28-17-3-2-12(11-25-17)18(22,23)24/h2-4,8-11H,1,5-7H2. The molecule has 10 heteroatoms. The molecule has 0 N–H and O–H groups in total. The summed E-state index contributed by atoms with van der Waals surface area (Å²) in [5.74, 6) is 1.09. The Morgan fingerprint density at radius 1 is 1.00 bits per heavy atom. The Morgan fingerprint density at radius 2 is 1.68 bits per heavy atom. The average molecular weight is 457 g/mol. The van der Waals surface area contributed by atoms with Crippen LogP contribution >= 0.6 is 34.8 Å². The summed E-state index contributed by atoms with van der Waals surface area (Å²) in [6.07, 6.45) is -1.73. The van der Waals surface area contributed by atoms with E-state index in [0.717, 1.165) is 12.3 Å². The lowest BCUT2D eigenvalue weighted by atomic mass is 10.3. The van der Waals surface area contributed by atoms with Crippen molar-refractivity contribution in [2.24, 2.45) is 0 Å². The van der Waals surface area contributed by atoms with Crippen LogP contribution in [0.5, 0.6) is 17.4 Å². The quantitative estimate of drug-likeness (QED) is 0.415. The molecule has 152 valence electrons. The minimum absolute atomic E-state index is 0.0982. The second-order valence-electron chi connectivity index (χ2n) is 5.36. The molecule has 4 nitrogen and oxygen atoms in total. The molecule has 1 aromatic carbocycles. The Morgan fingerprint density at radius 3 is 2.29 bits per heavy atom. The fourth-order valence-electron chi connectivity index (χ4n) is 1.96. The number of rotatable bonds is 9. The van der Waals surface area contributed by atoms with Gasteiger partial charge < -0.3 is 14.2 Å². The minimum Gasteiger partial charge on any atom is -0.493 e. The zero-order valence-electron chi connectivity index (χ0n) is 14.3. The molecule has 1 aromatic heterocycles. The molecule has 0 amide bonds. The molecule has 0 unspecified atom stereocenters. The minimum atomic E-state index is -4.43. The van der Waals surface area contributed by atoms with Gasteiger partial charge in [0.1, 0.15) is 22.6 Å². The van der Waals surface area contributed by atoms with E-state index in [4.69, 9.17) is 49.0 Å². The lowest BCUT2D eigenvalue weighted by Gasteiger charge is -2.10. The number of ether oxygens (including phenoxy) is 3. The molecule has 28 heavy (non-hydrogen) atoms. The summed E-state index contributed by atoms with van der Waals surface area (Å²) < 4.78 is 53.8. The van der Waals surface area contributed by atoms with Crippen LogP contribution in [0.1, 0.15) is 12.0 Å². The van der Waals surface area contributed by atoms with Gasteiger partial charge in [-0.25, -0.2) is 4.98 Å². The number of benzene rings is 1. The number of hydrogen-bond acceptors (Lipinski definition) is 4. The number of nitrogens with zero attached hydrogens (tertiary/aromatic N) is 1. The van der Waals surface area contributed by atoms with E-state index in [1.807, 2.05) is 0 Å². The van der Waals surface area contributed by atoms with E-state index in [9.17, 15) is 13.2 Å². The van der Waals surface area contributed by atoms with Crippen LogP contribution in [-0.4, -0.2) is 24.8 Å². The van der Waals surface area contributed by atoms with Crippen molar-refractivity contribution in [1.29, 1.82) is 0 Å². The summed E-state index contributed by atoms with van der Waals surface area (Å²) in [5, 5.41) is 0.429. The van der Waals surface area contributed by atoms with E-state index in [-0.39, 0.29) is 23.6 Å². The van der Waals surface area contributed by atoms with E-state index in [0.29, 0.717) is 29.5 Å². The van der Waals surface area contributed by atoms with Crippen molar-refractivity contribution in [3.63, 3.8) is 0 Å². The first kappa shape index (κ1) is 22.5. The zero-order valence-corrected chi connectivity index (χ0v) is 16.6. The summed E-state index contributed by atoms with van der Waals surface area (Å²) in [6.45, 7) is 0.700. The third-order valence-electron chi connectivity index (χ3n) is 3.20. The first-order valence-electron chi connectivity index (χ1n) is 7.97. The number of pyridine rings is 1. The monoisotopic (exact) mass is 455 g/mol. The maximum Gasteiger partial charge on any atom is 0.417 e. The van der Waals surface area contributed by atoms with Crippen LogP contribution in [0.25, 0.3) is 0 Å². The lowest BCUT2D eigenvalue weighted by molar-refractivity contribution is -0.137. The molecule has 0 fully saturated rings. The highest BCUT2D eigenvalue weighted by atomic mass is 35.5. The highest BCUT2D eigenvalue weighted by Crippen LogP contribution is 2.29. The predicted octanol–water partition coefficient (Wildman–Crippen LogP) is 6.30.